The zero-order chi connectivity index (χ0) is 11.0. The highest BCUT2D eigenvalue weighted by Gasteiger charge is 2.28. The fourth-order valence-corrected chi connectivity index (χ4v) is 2.79. The molecule has 0 amide bonds. The number of thioether (sulfide) groups is 1. The lowest BCUT2D eigenvalue weighted by Gasteiger charge is -2.28. The Hall–Kier alpha value is -1.22. The maximum absolute atomic E-state index is 8.63. The fraction of sp³-hybridized carbons (Fsp3) is 0.250. The highest BCUT2D eigenvalue weighted by molar-refractivity contribution is 8.14. The average molecular weight is 217 g/mol. The Morgan fingerprint density at radius 1 is 1.40 bits per heavy atom. The van der Waals surface area contributed by atoms with E-state index >= 15 is 0 Å². The first-order chi connectivity index (χ1) is 7.81. The predicted octanol–water partition coefficient (Wildman–Crippen LogP) is 2.66. The molecule has 1 unspecified atom stereocenters. The van der Waals surface area contributed by atoms with Crippen molar-refractivity contribution in [3.8, 4) is 0 Å². The first kappa shape index (κ1) is 7.99. The molecule has 1 aromatic carbocycles. The maximum atomic E-state index is 8.63. The number of benzene rings is 1. The summed E-state index contributed by atoms with van der Waals surface area (Å²) in [6.07, 6.45) is 3.61. The first-order valence-electron chi connectivity index (χ1n) is 5.52. The molecule has 1 fully saturated rings. The number of amidine groups is 1. The van der Waals surface area contributed by atoms with Gasteiger partial charge in [0, 0.05) is 18.5 Å². The number of hydrogen-bond donors (Lipinski definition) is 0. The molecule has 0 bridgehead atoms. The summed E-state index contributed by atoms with van der Waals surface area (Å²) in [6, 6.07) is 9.17. The van der Waals surface area contributed by atoms with Crippen molar-refractivity contribution < 1.29 is 1.37 Å². The van der Waals surface area contributed by atoms with Gasteiger partial charge in [-0.15, -0.1) is 0 Å². The van der Waals surface area contributed by atoms with Crippen LogP contribution in [-0.4, -0.2) is 22.4 Å². The van der Waals surface area contributed by atoms with Gasteiger partial charge in [-0.1, -0.05) is 42.1 Å². The Morgan fingerprint density at radius 2 is 2.27 bits per heavy atom. The van der Waals surface area contributed by atoms with Crippen molar-refractivity contribution in [2.45, 2.75) is 6.02 Å². The van der Waals surface area contributed by atoms with Gasteiger partial charge in [0.1, 0.15) is 0 Å². The number of rotatable bonds is 1. The molecule has 3 rings (SSSR count). The van der Waals surface area contributed by atoms with Gasteiger partial charge in [0.05, 0.1) is 7.39 Å². The zero-order valence-corrected chi connectivity index (χ0v) is 9.07. The average Bonchev–Trinajstić information content (AvgIpc) is 2.80. The molecule has 15 heavy (non-hydrogen) atoms. The van der Waals surface area contributed by atoms with Crippen molar-refractivity contribution in [2.24, 2.45) is 4.99 Å². The van der Waals surface area contributed by atoms with E-state index in [4.69, 9.17) is 1.37 Å². The van der Waals surface area contributed by atoms with E-state index in [-0.39, 0.29) is 0 Å². The molecule has 1 saturated heterocycles. The minimum Gasteiger partial charge on any atom is -0.340 e. The smallest absolute Gasteiger partial charge is 0.164 e. The summed E-state index contributed by atoms with van der Waals surface area (Å²) in [5.41, 5.74) is 1.00. The van der Waals surface area contributed by atoms with E-state index in [1.165, 1.54) is 0 Å². The molecule has 2 aliphatic rings. The van der Waals surface area contributed by atoms with E-state index in [1.807, 2.05) is 36.4 Å². The van der Waals surface area contributed by atoms with E-state index in [0.29, 0.717) is 0 Å². The molecule has 2 aliphatic heterocycles. The van der Waals surface area contributed by atoms with E-state index in [9.17, 15) is 0 Å². The number of hydrogen-bond acceptors (Lipinski definition) is 3. The summed E-state index contributed by atoms with van der Waals surface area (Å²) in [4.78, 5) is 6.38. The molecule has 0 aromatic heterocycles. The van der Waals surface area contributed by atoms with Crippen LogP contribution in [0, 0.1) is 0 Å². The minimum absolute atomic E-state index is 0.776. The summed E-state index contributed by atoms with van der Waals surface area (Å²) < 4.78 is 8.63. The standard InChI is InChI=1S/C12H12N2S/c1-2-4-10(5-3-1)11-6-7-13-12-14(11)8-9-15-12/h1-7,11H,8-9H2/i11D. The van der Waals surface area contributed by atoms with Crippen molar-refractivity contribution in [3.05, 3.63) is 48.2 Å². The van der Waals surface area contributed by atoms with Gasteiger partial charge in [0.15, 0.2) is 5.17 Å². The maximum Gasteiger partial charge on any atom is 0.164 e. The molecule has 0 spiro atoms. The van der Waals surface area contributed by atoms with E-state index in [1.54, 1.807) is 18.0 Å². The van der Waals surface area contributed by atoms with Crippen LogP contribution in [0.25, 0.3) is 0 Å². The first-order valence-corrected chi connectivity index (χ1v) is 6.01. The Balaban J connectivity index is 2.05. The van der Waals surface area contributed by atoms with Crippen molar-refractivity contribution in [2.75, 3.05) is 12.3 Å². The van der Waals surface area contributed by atoms with Crippen LogP contribution in [0.1, 0.15) is 13.0 Å². The minimum atomic E-state index is -0.776. The highest BCUT2D eigenvalue weighted by atomic mass is 32.2. The molecule has 1 aromatic rings. The van der Waals surface area contributed by atoms with Gasteiger partial charge in [-0.05, 0) is 11.6 Å². The monoisotopic (exact) mass is 217 g/mol. The molecule has 1 atom stereocenters. The van der Waals surface area contributed by atoms with Crippen molar-refractivity contribution in [1.29, 1.82) is 0 Å². The lowest BCUT2D eigenvalue weighted by molar-refractivity contribution is 0.397. The van der Waals surface area contributed by atoms with Crippen LogP contribution in [-0.2, 0) is 0 Å². The molecule has 3 heteroatoms. The molecule has 76 valence electrons. The summed E-state index contributed by atoms with van der Waals surface area (Å²) >= 11 is 1.73. The molecular weight excluding hydrogens is 204 g/mol. The quantitative estimate of drug-likeness (QED) is 0.718. The van der Waals surface area contributed by atoms with Gasteiger partial charge in [0.25, 0.3) is 0 Å². The lowest BCUT2D eigenvalue weighted by atomic mass is 10.1. The SMILES string of the molecule is [2H]C1(c2ccccc2)C=CN=C2SCCN21. The summed E-state index contributed by atoms with van der Waals surface area (Å²) in [6.45, 7) is 0.895. The van der Waals surface area contributed by atoms with Gasteiger partial charge < -0.3 is 4.90 Å². The van der Waals surface area contributed by atoms with E-state index < -0.39 is 6.02 Å². The number of nitrogens with zero attached hydrogens (tertiary/aromatic N) is 2. The van der Waals surface area contributed by atoms with Gasteiger partial charge in [-0.25, -0.2) is 4.99 Å². The second-order valence-corrected chi connectivity index (χ2v) is 4.54. The third kappa shape index (κ3) is 1.57. The summed E-state index contributed by atoms with van der Waals surface area (Å²) in [7, 11) is 0. The fourth-order valence-electron chi connectivity index (χ4n) is 1.85. The van der Waals surface area contributed by atoms with E-state index in [0.717, 1.165) is 23.0 Å². The third-order valence-corrected chi connectivity index (χ3v) is 3.53. The van der Waals surface area contributed by atoms with Crippen LogP contribution in [0.4, 0.5) is 0 Å². The third-order valence-electron chi connectivity index (χ3n) is 2.55. The van der Waals surface area contributed by atoms with Crippen molar-refractivity contribution in [3.63, 3.8) is 0 Å². The highest BCUT2D eigenvalue weighted by Crippen LogP contribution is 2.32. The molecule has 2 heterocycles. The Kier molecular flexibility index (Phi) is 1.99. The molecular formula is C12H12N2S. The number of aliphatic imine (C=N–C) groups is 1. The van der Waals surface area contributed by atoms with Crippen LogP contribution >= 0.6 is 11.8 Å². The van der Waals surface area contributed by atoms with Gasteiger partial charge >= 0.3 is 0 Å². The Morgan fingerprint density at radius 3 is 3.13 bits per heavy atom. The molecule has 0 saturated carbocycles. The van der Waals surface area contributed by atoms with Crippen LogP contribution in [0.15, 0.2) is 47.6 Å². The molecule has 0 aliphatic carbocycles. The van der Waals surface area contributed by atoms with E-state index in [2.05, 4.69) is 9.89 Å². The lowest BCUT2D eigenvalue weighted by Crippen LogP contribution is -2.30. The Labute approximate surface area is 95.1 Å². The van der Waals surface area contributed by atoms with Crippen molar-refractivity contribution >= 4 is 16.9 Å². The summed E-state index contributed by atoms with van der Waals surface area (Å²) in [5.74, 6) is 1.02. The topological polar surface area (TPSA) is 15.6 Å². The zero-order valence-electron chi connectivity index (χ0n) is 9.26. The summed E-state index contributed by atoms with van der Waals surface area (Å²) in [5, 5.41) is 0.973. The van der Waals surface area contributed by atoms with Crippen LogP contribution in [0.5, 0.6) is 0 Å². The van der Waals surface area contributed by atoms with Crippen molar-refractivity contribution in [1.82, 2.24) is 4.90 Å². The van der Waals surface area contributed by atoms with Crippen LogP contribution < -0.4 is 0 Å². The largest absolute Gasteiger partial charge is 0.340 e. The molecule has 2 nitrogen and oxygen atoms in total. The predicted molar refractivity (Wildman–Crippen MR) is 64.9 cm³/mol. The molecule has 0 N–H and O–H groups in total. The normalized spacial score (nSPS) is 29.7. The second-order valence-electron chi connectivity index (χ2n) is 3.48. The second kappa shape index (κ2) is 3.74. The Bertz CT molecular complexity index is 457. The van der Waals surface area contributed by atoms with Crippen LogP contribution in [0.3, 0.4) is 0 Å². The van der Waals surface area contributed by atoms with Gasteiger partial charge in [-0.3, -0.25) is 0 Å². The van der Waals surface area contributed by atoms with Gasteiger partial charge in [-0.2, -0.15) is 0 Å². The molecule has 0 radical (unpaired) electrons. The number of fused-ring (bicyclic) bond motifs is 1. The van der Waals surface area contributed by atoms with Crippen LogP contribution in [0.2, 0.25) is 0 Å². The van der Waals surface area contributed by atoms with Gasteiger partial charge in [0.2, 0.25) is 0 Å².